The number of rotatable bonds is 2. The van der Waals surface area contributed by atoms with Crippen molar-refractivity contribution in [3.8, 4) is 11.3 Å². The summed E-state index contributed by atoms with van der Waals surface area (Å²) in [5.74, 6) is -0.113. The van der Waals surface area contributed by atoms with Crippen LogP contribution >= 0.6 is 11.3 Å². The van der Waals surface area contributed by atoms with E-state index in [1.54, 1.807) is 0 Å². The fourth-order valence-electron chi connectivity index (χ4n) is 1.27. The van der Waals surface area contributed by atoms with Gasteiger partial charge >= 0.3 is 0 Å². The average molecular weight is 233 g/mol. The van der Waals surface area contributed by atoms with Crippen molar-refractivity contribution < 1.29 is 4.79 Å². The van der Waals surface area contributed by atoms with Crippen molar-refractivity contribution in [3.05, 3.63) is 29.6 Å². The molecule has 0 fully saturated rings. The van der Waals surface area contributed by atoms with E-state index in [-0.39, 0.29) is 5.91 Å². The van der Waals surface area contributed by atoms with Crippen LogP contribution in [0, 0.1) is 0 Å². The first-order chi connectivity index (χ1) is 7.65. The lowest BCUT2D eigenvalue weighted by Gasteiger charge is -1.97. The smallest absolute Gasteiger partial charge is 0.223 e. The molecule has 1 amide bonds. The highest BCUT2D eigenvalue weighted by atomic mass is 32.1. The zero-order valence-electron chi connectivity index (χ0n) is 8.73. The van der Waals surface area contributed by atoms with Crippen molar-refractivity contribution in [2.75, 3.05) is 11.1 Å². The largest absolute Gasteiger partial charge is 0.399 e. The Kier molecular flexibility index (Phi) is 2.87. The highest BCUT2D eigenvalue weighted by Crippen LogP contribution is 2.25. The number of carbonyl (C=O) groups is 1. The van der Waals surface area contributed by atoms with Crippen LogP contribution < -0.4 is 11.1 Å². The van der Waals surface area contributed by atoms with E-state index in [0.29, 0.717) is 5.13 Å². The Labute approximate surface area is 97.1 Å². The molecule has 4 nitrogen and oxygen atoms in total. The lowest BCUT2D eigenvalue weighted by Crippen LogP contribution is -2.04. The van der Waals surface area contributed by atoms with E-state index in [1.807, 2.05) is 29.6 Å². The number of nitrogens with two attached hydrogens (primary N) is 1. The Hall–Kier alpha value is -1.88. The van der Waals surface area contributed by atoms with E-state index >= 15 is 0 Å². The summed E-state index contributed by atoms with van der Waals surface area (Å²) in [5, 5.41) is 5.16. The molecule has 0 radical (unpaired) electrons. The fraction of sp³-hybridized carbons (Fsp3) is 0.0909. The number of carbonyl (C=O) groups excluding carboxylic acids is 1. The number of nitrogens with zero attached hydrogens (tertiary/aromatic N) is 1. The first-order valence-electron chi connectivity index (χ1n) is 4.74. The molecule has 0 bridgehead atoms. The molecule has 2 aromatic rings. The van der Waals surface area contributed by atoms with Crippen molar-refractivity contribution in [1.29, 1.82) is 0 Å². The standard InChI is InChI=1S/C11H11N3OS/c1-7(15)13-11-14-10(6-16-11)8-2-4-9(12)5-3-8/h2-6H,12H2,1H3,(H,13,14,15). The number of aromatic nitrogens is 1. The summed E-state index contributed by atoms with van der Waals surface area (Å²) in [4.78, 5) is 15.1. The van der Waals surface area contributed by atoms with Crippen LogP contribution in [0.25, 0.3) is 11.3 Å². The molecular formula is C11H11N3OS. The Morgan fingerprint density at radius 3 is 2.69 bits per heavy atom. The summed E-state index contributed by atoms with van der Waals surface area (Å²) in [5.41, 5.74) is 8.15. The second-order valence-corrected chi connectivity index (χ2v) is 4.20. The summed E-state index contributed by atoms with van der Waals surface area (Å²) >= 11 is 1.40. The Morgan fingerprint density at radius 1 is 1.38 bits per heavy atom. The van der Waals surface area contributed by atoms with E-state index in [0.717, 1.165) is 16.9 Å². The Bertz CT molecular complexity index is 504. The number of nitrogen functional groups attached to an aromatic ring is 1. The van der Waals surface area contributed by atoms with Crippen LogP contribution in [0.3, 0.4) is 0 Å². The van der Waals surface area contributed by atoms with Gasteiger partial charge in [0.15, 0.2) is 5.13 Å². The van der Waals surface area contributed by atoms with Gasteiger partial charge < -0.3 is 11.1 Å². The molecule has 16 heavy (non-hydrogen) atoms. The number of benzene rings is 1. The number of nitrogens with one attached hydrogen (secondary N) is 1. The topological polar surface area (TPSA) is 68.0 Å². The molecule has 82 valence electrons. The lowest BCUT2D eigenvalue weighted by atomic mass is 10.1. The predicted octanol–water partition coefficient (Wildman–Crippen LogP) is 2.35. The van der Waals surface area contributed by atoms with Gasteiger partial charge in [-0.2, -0.15) is 0 Å². The van der Waals surface area contributed by atoms with Gasteiger partial charge in [0.1, 0.15) is 0 Å². The molecule has 0 atom stereocenters. The van der Waals surface area contributed by atoms with Crippen LogP contribution in [0.4, 0.5) is 10.8 Å². The maximum atomic E-state index is 10.8. The minimum absolute atomic E-state index is 0.113. The zero-order valence-corrected chi connectivity index (χ0v) is 9.54. The second-order valence-electron chi connectivity index (χ2n) is 3.34. The van der Waals surface area contributed by atoms with Crippen molar-refractivity contribution in [2.45, 2.75) is 6.92 Å². The van der Waals surface area contributed by atoms with E-state index in [4.69, 9.17) is 5.73 Å². The molecular weight excluding hydrogens is 222 g/mol. The molecule has 2 rings (SSSR count). The molecule has 1 aromatic heterocycles. The molecule has 1 aromatic carbocycles. The molecule has 0 aliphatic heterocycles. The summed E-state index contributed by atoms with van der Waals surface area (Å²) in [7, 11) is 0. The molecule has 3 N–H and O–H groups in total. The minimum atomic E-state index is -0.113. The molecule has 0 spiro atoms. The van der Waals surface area contributed by atoms with Crippen molar-refractivity contribution in [2.24, 2.45) is 0 Å². The first kappa shape index (κ1) is 10.6. The Balaban J connectivity index is 2.24. The van der Waals surface area contributed by atoms with Gasteiger partial charge in [0.2, 0.25) is 5.91 Å². The summed E-state index contributed by atoms with van der Waals surface area (Å²) in [6.07, 6.45) is 0. The summed E-state index contributed by atoms with van der Waals surface area (Å²) < 4.78 is 0. The number of hydrogen-bond acceptors (Lipinski definition) is 4. The van der Waals surface area contributed by atoms with Gasteiger partial charge in [-0.1, -0.05) is 12.1 Å². The van der Waals surface area contributed by atoms with Gasteiger partial charge in [0.25, 0.3) is 0 Å². The van der Waals surface area contributed by atoms with Crippen LogP contribution in [0.15, 0.2) is 29.6 Å². The third-order valence-electron chi connectivity index (χ3n) is 1.99. The monoisotopic (exact) mass is 233 g/mol. The number of anilines is 2. The SMILES string of the molecule is CC(=O)Nc1nc(-c2ccc(N)cc2)cs1. The maximum Gasteiger partial charge on any atom is 0.223 e. The van der Waals surface area contributed by atoms with Crippen LogP contribution in [-0.4, -0.2) is 10.9 Å². The Morgan fingerprint density at radius 2 is 2.06 bits per heavy atom. The highest BCUT2D eigenvalue weighted by molar-refractivity contribution is 7.14. The average Bonchev–Trinajstić information content (AvgIpc) is 2.66. The second kappa shape index (κ2) is 4.32. The van der Waals surface area contributed by atoms with Crippen molar-refractivity contribution in [1.82, 2.24) is 4.98 Å². The molecule has 1 heterocycles. The van der Waals surface area contributed by atoms with Gasteiger partial charge in [-0.25, -0.2) is 4.98 Å². The number of hydrogen-bond donors (Lipinski definition) is 2. The molecule has 0 unspecified atom stereocenters. The van der Waals surface area contributed by atoms with Crippen molar-refractivity contribution >= 4 is 28.1 Å². The van der Waals surface area contributed by atoms with Crippen LogP contribution in [0.2, 0.25) is 0 Å². The third kappa shape index (κ3) is 2.38. The predicted molar refractivity (Wildman–Crippen MR) is 66.3 cm³/mol. The zero-order chi connectivity index (χ0) is 11.5. The van der Waals surface area contributed by atoms with Crippen LogP contribution in [0.1, 0.15) is 6.92 Å². The molecule has 0 saturated carbocycles. The molecule has 0 saturated heterocycles. The van der Waals surface area contributed by atoms with Gasteiger partial charge in [0, 0.05) is 23.6 Å². The number of thiazole rings is 1. The maximum absolute atomic E-state index is 10.8. The highest BCUT2D eigenvalue weighted by Gasteiger charge is 2.04. The van der Waals surface area contributed by atoms with E-state index in [2.05, 4.69) is 10.3 Å². The van der Waals surface area contributed by atoms with Gasteiger partial charge in [-0.3, -0.25) is 4.79 Å². The number of amides is 1. The third-order valence-corrected chi connectivity index (χ3v) is 2.75. The molecule has 5 heteroatoms. The quantitative estimate of drug-likeness (QED) is 0.782. The normalized spacial score (nSPS) is 10.1. The summed E-state index contributed by atoms with van der Waals surface area (Å²) in [6.45, 7) is 1.46. The van der Waals surface area contributed by atoms with Gasteiger partial charge in [-0.05, 0) is 12.1 Å². The summed E-state index contributed by atoms with van der Waals surface area (Å²) in [6, 6.07) is 7.46. The van der Waals surface area contributed by atoms with Crippen LogP contribution in [-0.2, 0) is 4.79 Å². The van der Waals surface area contributed by atoms with Crippen LogP contribution in [0.5, 0.6) is 0 Å². The van der Waals surface area contributed by atoms with Crippen molar-refractivity contribution in [3.63, 3.8) is 0 Å². The fourth-order valence-corrected chi connectivity index (χ4v) is 2.03. The van der Waals surface area contributed by atoms with E-state index in [1.165, 1.54) is 18.3 Å². The van der Waals surface area contributed by atoms with Gasteiger partial charge in [0.05, 0.1) is 5.69 Å². The molecule has 0 aliphatic carbocycles. The first-order valence-corrected chi connectivity index (χ1v) is 5.62. The minimum Gasteiger partial charge on any atom is -0.399 e. The molecule has 0 aliphatic rings. The van der Waals surface area contributed by atoms with E-state index < -0.39 is 0 Å². The lowest BCUT2D eigenvalue weighted by molar-refractivity contribution is -0.114. The van der Waals surface area contributed by atoms with Gasteiger partial charge in [-0.15, -0.1) is 11.3 Å². The van der Waals surface area contributed by atoms with E-state index in [9.17, 15) is 4.79 Å².